The van der Waals surface area contributed by atoms with E-state index in [9.17, 15) is 13.2 Å². The zero-order valence-corrected chi connectivity index (χ0v) is 8.50. The Balaban J connectivity index is 3.60. The van der Waals surface area contributed by atoms with Crippen LogP contribution in [0.2, 0.25) is 0 Å². The molecule has 0 aromatic rings. The van der Waals surface area contributed by atoms with Crippen LogP contribution in [0.5, 0.6) is 0 Å². The van der Waals surface area contributed by atoms with Gasteiger partial charge in [0.05, 0.1) is 19.8 Å². The van der Waals surface area contributed by atoms with Crippen LogP contribution in [0.15, 0.2) is 0 Å². The van der Waals surface area contributed by atoms with Gasteiger partial charge in [-0.1, -0.05) is 0 Å². The van der Waals surface area contributed by atoms with Gasteiger partial charge in [-0.15, -0.1) is 0 Å². The third-order valence-electron chi connectivity index (χ3n) is 1.72. The molecule has 2 N–H and O–H groups in total. The molecule has 7 heteroatoms. The van der Waals surface area contributed by atoms with E-state index in [-0.39, 0.29) is 26.4 Å². The second-order valence-corrected chi connectivity index (χ2v) is 3.16. The number of rotatable bonds is 7. The molecule has 1 unspecified atom stereocenters. The molecule has 0 bridgehead atoms. The standard InChI is InChI=1S/C8H16F3NO3/c1-12(2-4-15-5-3-13)6-7(14)8(9,10)11/h7,13-14H,2-6H2,1H3. The largest absolute Gasteiger partial charge is 0.415 e. The highest BCUT2D eigenvalue weighted by Crippen LogP contribution is 2.20. The lowest BCUT2D eigenvalue weighted by molar-refractivity contribution is -0.207. The Kier molecular flexibility index (Phi) is 6.82. The lowest BCUT2D eigenvalue weighted by Crippen LogP contribution is -2.40. The van der Waals surface area contributed by atoms with Gasteiger partial charge in [0, 0.05) is 13.1 Å². The summed E-state index contributed by atoms with van der Waals surface area (Å²) in [5, 5.41) is 17.1. The van der Waals surface area contributed by atoms with Gasteiger partial charge in [0.2, 0.25) is 0 Å². The molecule has 0 aliphatic rings. The minimum absolute atomic E-state index is 0.116. The van der Waals surface area contributed by atoms with Gasteiger partial charge in [-0.3, -0.25) is 0 Å². The minimum atomic E-state index is -4.58. The fourth-order valence-electron chi connectivity index (χ4n) is 0.877. The molecular weight excluding hydrogens is 215 g/mol. The number of nitrogens with zero attached hydrogens (tertiary/aromatic N) is 1. The molecular formula is C8H16F3NO3. The van der Waals surface area contributed by atoms with Gasteiger partial charge in [-0.25, -0.2) is 0 Å². The van der Waals surface area contributed by atoms with Crippen molar-refractivity contribution in [2.45, 2.75) is 12.3 Å². The van der Waals surface area contributed by atoms with Crippen LogP contribution in [0.25, 0.3) is 0 Å². The number of halogens is 3. The van der Waals surface area contributed by atoms with Crippen LogP contribution in [-0.4, -0.2) is 67.4 Å². The molecule has 92 valence electrons. The second-order valence-electron chi connectivity index (χ2n) is 3.16. The molecule has 0 fully saturated rings. The second kappa shape index (κ2) is 7.00. The molecule has 1 atom stereocenters. The summed E-state index contributed by atoms with van der Waals surface area (Å²) >= 11 is 0. The quantitative estimate of drug-likeness (QED) is 0.598. The monoisotopic (exact) mass is 231 g/mol. The highest BCUT2D eigenvalue weighted by Gasteiger charge is 2.38. The summed E-state index contributed by atoms with van der Waals surface area (Å²) in [7, 11) is 1.46. The lowest BCUT2D eigenvalue weighted by Gasteiger charge is -2.21. The molecule has 0 saturated heterocycles. The molecule has 0 aliphatic carbocycles. The lowest BCUT2D eigenvalue weighted by atomic mass is 10.3. The van der Waals surface area contributed by atoms with Crippen molar-refractivity contribution in [3.63, 3.8) is 0 Å². The fraction of sp³-hybridized carbons (Fsp3) is 1.00. The Morgan fingerprint density at radius 1 is 1.33 bits per heavy atom. The van der Waals surface area contributed by atoms with E-state index >= 15 is 0 Å². The van der Waals surface area contributed by atoms with Crippen LogP contribution in [0.3, 0.4) is 0 Å². The summed E-state index contributed by atoms with van der Waals surface area (Å²) in [5.74, 6) is 0. The van der Waals surface area contributed by atoms with Crippen molar-refractivity contribution in [1.29, 1.82) is 0 Å². The maximum atomic E-state index is 11.9. The van der Waals surface area contributed by atoms with Crippen molar-refractivity contribution < 1.29 is 28.1 Å². The highest BCUT2D eigenvalue weighted by molar-refractivity contribution is 4.68. The van der Waals surface area contributed by atoms with Gasteiger partial charge in [0.1, 0.15) is 0 Å². The number of hydrogen-bond donors (Lipinski definition) is 2. The zero-order chi connectivity index (χ0) is 11.9. The van der Waals surface area contributed by atoms with Gasteiger partial charge >= 0.3 is 6.18 Å². The number of ether oxygens (including phenoxy) is 1. The number of aliphatic hydroxyl groups excluding tert-OH is 2. The van der Waals surface area contributed by atoms with E-state index in [4.69, 9.17) is 14.9 Å². The Labute approximate surface area is 86.3 Å². The van der Waals surface area contributed by atoms with Crippen LogP contribution >= 0.6 is 0 Å². The molecule has 4 nitrogen and oxygen atoms in total. The smallest absolute Gasteiger partial charge is 0.394 e. The van der Waals surface area contributed by atoms with Crippen LogP contribution in [0, 0.1) is 0 Å². The molecule has 0 heterocycles. The van der Waals surface area contributed by atoms with E-state index in [0.29, 0.717) is 0 Å². The summed E-state index contributed by atoms with van der Waals surface area (Å²) < 4.78 is 40.6. The molecule has 0 aromatic heterocycles. The van der Waals surface area contributed by atoms with Crippen LogP contribution in [0.4, 0.5) is 13.2 Å². The van der Waals surface area contributed by atoms with Gasteiger partial charge in [-0.2, -0.15) is 13.2 Å². The van der Waals surface area contributed by atoms with Gasteiger partial charge < -0.3 is 19.8 Å². The summed E-state index contributed by atoms with van der Waals surface area (Å²) in [6.07, 6.45) is -6.92. The van der Waals surface area contributed by atoms with Crippen LogP contribution in [0.1, 0.15) is 0 Å². The first kappa shape index (κ1) is 14.6. The van der Waals surface area contributed by atoms with Crippen molar-refractivity contribution in [2.24, 2.45) is 0 Å². The molecule has 0 aromatic carbocycles. The molecule has 0 amide bonds. The van der Waals surface area contributed by atoms with E-state index in [2.05, 4.69) is 0 Å². The molecule has 0 rings (SSSR count). The van der Waals surface area contributed by atoms with Crippen LogP contribution in [-0.2, 0) is 4.74 Å². The predicted molar refractivity (Wildman–Crippen MR) is 47.5 cm³/mol. The molecule has 0 aliphatic heterocycles. The molecule has 15 heavy (non-hydrogen) atoms. The molecule has 0 spiro atoms. The van der Waals surface area contributed by atoms with E-state index in [1.54, 1.807) is 0 Å². The Hall–Kier alpha value is -0.370. The fourth-order valence-corrected chi connectivity index (χ4v) is 0.877. The number of likely N-dealkylation sites (N-methyl/N-ethyl adjacent to an activating group) is 1. The maximum absolute atomic E-state index is 11.9. The highest BCUT2D eigenvalue weighted by atomic mass is 19.4. The normalized spacial score (nSPS) is 14.6. The summed E-state index contributed by atoms with van der Waals surface area (Å²) in [5.41, 5.74) is 0. The van der Waals surface area contributed by atoms with Crippen molar-refractivity contribution in [2.75, 3.05) is 40.0 Å². The van der Waals surface area contributed by atoms with Gasteiger partial charge in [0.25, 0.3) is 0 Å². The van der Waals surface area contributed by atoms with Gasteiger partial charge in [-0.05, 0) is 7.05 Å². The maximum Gasteiger partial charge on any atom is 0.415 e. The van der Waals surface area contributed by atoms with E-state index in [1.807, 2.05) is 0 Å². The van der Waals surface area contributed by atoms with E-state index < -0.39 is 18.8 Å². The minimum Gasteiger partial charge on any atom is -0.394 e. The van der Waals surface area contributed by atoms with Crippen molar-refractivity contribution in [1.82, 2.24) is 4.90 Å². The van der Waals surface area contributed by atoms with Crippen LogP contribution < -0.4 is 0 Å². The SMILES string of the molecule is CN(CCOCCO)CC(O)C(F)(F)F. The van der Waals surface area contributed by atoms with E-state index in [1.165, 1.54) is 11.9 Å². The third-order valence-corrected chi connectivity index (χ3v) is 1.72. The average Bonchev–Trinajstić information content (AvgIpc) is 2.11. The number of alkyl halides is 3. The number of hydrogen-bond acceptors (Lipinski definition) is 4. The Morgan fingerprint density at radius 3 is 2.40 bits per heavy atom. The first-order valence-electron chi connectivity index (χ1n) is 4.50. The first-order chi connectivity index (χ1) is 6.88. The summed E-state index contributed by atoms with van der Waals surface area (Å²) in [4.78, 5) is 1.32. The predicted octanol–water partition coefficient (Wildman–Crippen LogP) is -0.150. The number of aliphatic hydroxyl groups is 2. The molecule has 0 radical (unpaired) electrons. The summed E-state index contributed by atoms with van der Waals surface area (Å²) in [6.45, 7) is 0.0608. The van der Waals surface area contributed by atoms with Crippen molar-refractivity contribution >= 4 is 0 Å². The van der Waals surface area contributed by atoms with Crippen molar-refractivity contribution in [3.05, 3.63) is 0 Å². The van der Waals surface area contributed by atoms with E-state index in [0.717, 1.165) is 0 Å². The molecule has 0 saturated carbocycles. The summed E-state index contributed by atoms with van der Waals surface area (Å²) in [6, 6.07) is 0. The third kappa shape index (κ3) is 7.55. The average molecular weight is 231 g/mol. The topological polar surface area (TPSA) is 52.9 Å². The zero-order valence-electron chi connectivity index (χ0n) is 8.50. The Morgan fingerprint density at radius 2 is 1.93 bits per heavy atom. The Bertz CT molecular complexity index is 166. The van der Waals surface area contributed by atoms with Crippen molar-refractivity contribution in [3.8, 4) is 0 Å². The van der Waals surface area contributed by atoms with Gasteiger partial charge in [0.15, 0.2) is 6.10 Å². The first-order valence-corrected chi connectivity index (χ1v) is 4.50.